The molecule has 1 aliphatic carbocycles. The Labute approximate surface area is 248 Å². The number of Topliss-reactive ketones (excluding diaryl/α,β-unsaturated/α-hetero) is 1. The molecule has 0 saturated heterocycles. The monoisotopic (exact) mass is 601 g/mol. The van der Waals surface area contributed by atoms with E-state index in [4.69, 9.17) is 4.42 Å². The number of sulfonamides is 1. The van der Waals surface area contributed by atoms with E-state index in [9.17, 15) is 22.4 Å². The van der Waals surface area contributed by atoms with Crippen LogP contribution in [0.4, 0.5) is 10.1 Å². The number of nitrogens with one attached hydrogen (secondary N) is 2. The van der Waals surface area contributed by atoms with E-state index in [1.54, 1.807) is 6.07 Å². The van der Waals surface area contributed by atoms with Crippen LogP contribution in [0.3, 0.4) is 0 Å². The lowest BCUT2D eigenvalue weighted by Gasteiger charge is -2.31. The number of halogens is 1. The van der Waals surface area contributed by atoms with Gasteiger partial charge in [0, 0.05) is 47.9 Å². The number of aromatic nitrogens is 1. The number of hydrogen-bond acceptors (Lipinski definition) is 5. The molecule has 2 aromatic heterocycles. The molecule has 2 heterocycles. The second-order valence-corrected chi connectivity index (χ2v) is 13.2. The van der Waals surface area contributed by atoms with Gasteiger partial charge in [0.25, 0.3) is 5.91 Å². The number of furan rings is 1. The van der Waals surface area contributed by atoms with Crippen molar-refractivity contribution in [1.82, 2.24) is 10.3 Å². The van der Waals surface area contributed by atoms with E-state index >= 15 is 0 Å². The summed E-state index contributed by atoms with van der Waals surface area (Å²) in [6, 6.07) is 18.8. The van der Waals surface area contributed by atoms with Crippen molar-refractivity contribution in [3.05, 3.63) is 89.4 Å². The third-order valence-electron chi connectivity index (χ3n) is 8.51. The number of fused-ring (bicyclic) bond motifs is 2. The van der Waals surface area contributed by atoms with Gasteiger partial charge in [0.2, 0.25) is 10.0 Å². The highest BCUT2D eigenvalue weighted by Gasteiger charge is 2.33. The molecule has 1 saturated carbocycles. The lowest BCUT2D eigenvalue weighted by atomic mass is 9.75. The first kappa shape index (κ1) is 28.7. The van der Waals surface area contributed by atoms with Crippen molar-refractivity contribution in [2.24, 2.45) is 5.92 Å². The van der Waals surface area contributed by atoms with Crippen LogP contribution in [0.15, 0.2) is 71.1 Å². The number of ketones is 1. The zero-order valence-electron chi connectivity index (χ0n) is 24.1. The zero-order valence-corrected chi connectivity index (χ0v) is 24.9. The van der Waals surface area contributed by atoms with E-state index in [1.165, 1.54) is 42.7 Å². The lowest BCUT2D eigenvalue weighted by Crippen LogP contribution is -2.28. The minimum Gasteiger partial charge on any atom is -0.455 e. The third-order valence-corrected chi connectivity index (χ3v) is 9.71. The third kappa shape index (κ3) is 5.31. The molecular weight excluding hydrogens is 569 g/mol. The molecule has 1 aliphatic rings. The van der Waals surface area contributed by atoms with E-state index in [-0.39, 0.29) is 34.8 Å². The number of benzene rings is 3. The fourth-order valence-corrected chi connectivity index (χ4v) is 6.73. The summed E-state index contributed by atoms with van der Waals surface area (Å²) in [4.78, 5) is 30.1. The summed E-state index contributed by atoms with van der Waals surface area (Å²) in [5.74, 6) is -0.907. The molecule has 2 N–H and O–H groups in total. The van der Waals surface area contributed by atoms with Gasteiger partial charge in [0.15, 0.2) is 5.78 Å². The van der Waals surface area contributed by atoms with Gasteiger partial charge in [-0.2, -0.15) is 0 Å². The highest BCUT2D eigenvalue weighted by molar-refractivity contribution is 7.92. The molecule has 10 heteroatoms. The van der Waals surface area contributed by atoms with Crippen LogP contribution in [0, 0.1) is 11.7 Å². The molecule has 1 fully saturated rings. The molecule has 8 nitrogen and oxygen atoms in total. The molecule has 0 spiro atoms. The molecule has 222 valence electrons. The molecule has 0 radical (unpaired) electrons. The van der Waals surface area contributed by atoms with Crippen molar-refractivity contribution in [2.45, 2.75) is 31.6 Å². The van der Waals surface area contributed by atoms with E-state index in [0.29, 0.717) is 34.3 Å². The normalized spacial score (nSPS) is 17.3. The van der Waals surface area contributed by atoms with Gasteiger partial charge >= 0.3 is 0 Å². The summed E-state index contributed by atoms with van der Waals surface area (Å²) in [6.07, 6.45) is 3.93. The average Bonchev–Trinajstić information content (AvgIpc) is 3.61. The number of nitrogens with zero attached hydrogens (tertiary/aromatic N) is 1. The molecule has 43 heavy (non-hydrogen) atoms. The highest BCUT2D eigenvalue weighted by atomic mass is 32.2. The number of aromatic amines is 1. The van der Waals surface area contributed by atoms with Crippen LogP contribution in [0.1, 0.15) is 58.0 Å². The van der Waals surface area contributed by atoms with E-state index in [1.807, 2.05) is 36.4 Å². The van der Waals surface area contributed by atoms with Gasteiger partial charge in [0.1, 0.15) is 17.2 Å². The molecule has 0 aliphatic heterocycles. The SMILES string of the molecule is CNC(=O)c1c(-c2ccc(F)cc2)oc2cc(N(C)S(C)(=O)=O)c([C@@H]3CCCC(C(=O)c4cc5ccccc5[nH]4)C3)cc12. The number of carbonyl (C=O) groups is 2. The Kier molecular flexibility index (Phi) is 7.33. The van der Waals surface area contributed by atoms with E-state index in [0.717, 1.165) is 42.0 Å². The van der Waals surface area contributed by atoms with Crippen LogP contribution in [-0.4, -0.2) is 45.4 Å². The standard InChI is InChI=1S/C33H32FN3O5S/c1-35-33(39)30-25-17-24(20-8-6-9-22(15-20)31(38)27-16-21-7-4-5-10-26(21)36-27)28(37(2)43(3,40)41)18-29(25)42-32(30)19-11-13-23(34)14-12-19/h4-5,7,10-14,16-18,20,22,36H,6,8-9,15H2,1-3H3,(H,35,39)/t20-,22?/m1/s1. The first-order valence-corrected chi connectivity index (χ1v) is 16.0. The van der Waals surface area contributed by atoms with Crippen LogP contribution in [0.25, 0.3) is 33.2 Å². The van der Waals surface area contributed by atoms with Gasteiger partial charge in [-0.1, -0.05) is 24.6 Å². The Balaban J connectivity index is 1.46. The largest absolute Gasteiger partial charge is 0.455 e. The topological polar surface area (TPSA) is 112 Å². The summed E-state index contributed by atoms with van der Waals surface area (Å²) in [5, 5.41) is 4.15. The van der Waals surface area contributed by atoms with Gasteiger partial charge in [-0.05, 0) is 73.2 Å². The second kappa shape index (κ2) is 11.0. The van der Waals surface area contributed by atoms with Gasteiger partial charge in [0.05, 0.1) is 23.2 Å². The first-order chi connectivity index (χ1) is 20.5. The van der Waals surface area contributed by atoms with Crippen molar-refractivity contribution in [1.29, 1.82) is 0 Å². The quantitative estimate of drug-likeness (QED) is 0.203. The molecule has 0 bridgehead atoms. The number of hydrogen-bond donors (Lipinski definition) is 2. The molecule has 3 aromatic carbocycles. The fourth-order valence-electron chi connectivity index (χ4n) is 6.22. The number of H-pyrrole nitrogens is 1. The molecule has 1 unspecified atom stereocenters. The summed E-state index contributed by atoms with van der Waals surface area (Å²) < 4.78 is 46.6. The maximum Gasteiger partial charge on any atom is 0.255 e. The van der Waals surface area contributed by atoms with Gasteiger partial charge in [-0.15, -0.1) is 0 Å². The minimum absolute atomic E-state index is 0.0351. The Morgan fingerprint density at radius 1 is 1.05 bits per heavy atom. The van der Waals surface area contributed by atoms with Crippen molar-refractivity contribution >= 4 is 49.3 Å². The van der Waals surface area contributed by atoms with Crippen molar-refractivity contribution < 1.29 is 26.8 Å². The Hall–Kier alpha value is -4.44. The highest BCUT2D eigenvalue weighted by Crippen LogP contribution is 2.45. The number of carbonyl (C=O) groups excluding carboxylic acids is 2. The van der Waals surface area contributed by atoms with Crippen LogP contribution >= 0.6 is 0 Å². The van der Waals surface area contributed by atoms with Crippen LogP contribution in [0.2, 0.25) is 0 Å². The predicted molar refractivity (Wildman–Crippen MR) is 166 cm³/mol. The Bertz CT molecular complexity index is 1940. The smallest absolute Gasteiger partial charge is 0.255 e. The molecular formula is C33H32FN3O5S. The number of anilines is 1. The first-order valence-electron chi connectivity index (χ1n) is 14.2. The van der Waals surface area contributed by atoms with Crippen LogP contribution in [-0.2, 0) is 10.0 Å². The zero-order chi connectivity index (χ0) is 30.5. The maximum atomic E-state index is 13.7. The Morgan fingerprint density at radius 3 is 2.49 bits per heavy atom. The maximum absolute atomic E-state index is 13.7. The van der Waals surface area contributed by atoms with Crippen LogP contribution in [0.5, 0.6) is 0 Å². The van der Waals surface area contributed by atoms with Crippen molar-refractivity contribution in [3.8, 4) is 11.3 Å². The number of rotatable bonds is 7. The number of amides is 1. The van der Waals surface area contributed by atoms with E-state index in [2.05, 4.69) is 10.3 Å². The predicted octanol–water partition coefficient (Wildman–Crippen LogP) is 6.63. The van der Waals surface area contributed by atoms with Crippen molar-refractivity contribution in [2.75, 3.05) is 24.7 Å². The van der Waals surface area contributed by atoms with Gasteiger partial charge in [-0.3, -0.25) is 13.9 Å². The molecule has 1 amide bonds. The molecule has 5 aromatic rings. The molecule has 2 atom stereocenters. The fraction of sp³-hybridized carbons (Fsp3) is 0.273. The lowest BCUT2D eigenvalue weighted by molar-refractivity contribution is 0.0876. The Morgan fingerprint density at radius 2 is 1.79 bits per heavy atom. The van der Waals surface area contributed by atoms with Gasteiger partial charge < -0.3 is 14.7 Å². The summed E-state index contributed by atoms with van der Waals surface area (Å²) in [6.45, 7) is 0. The van der Waals surface area contributed by atoms with E-state index < -0.39 is 15.8 Å². The summed E-state index contributed by atoms with van der Waals surface area (Å²) in [7, 11) is -0.653. The van der Waals surface area contributed by atoms with Crippen molar-refractivity contribution in [3.63, 3.8) is 0 Å². The van der Waals surface area contributed by atoms with Crippen LogP contribution < -0.4 is 9.62 Å². The second-order valence-electron chi connectivity index (χ2n) is 11.2. The number of para-hydroxylation sites is 1. The minimum atomic E-state index is -3.66. The van der Waals surface area contributed by atoms with Gasteiger partial charge in [-0.25, -0.2) is 12.8 Å². The summed E-state index contributed by atoms with van der Waals surface area (Å²) in [5.41, 5.74) is 3.75. The average molecular weight is 602 g/mol. The summed E-state index contributed by atoms with van der Waals surface area (Å²) >= 11 is 0. The molecule has 6 rings (SSSR count).